The van der Waals surface area contributed by atoms with Crippen LogP contribution in [0.1, 0.15) is 149 Å². The van der Waals surface area contributed by atoms with Crippen LogP contribution in [0, 0.1) is 0 Å². The van der Waals surface area contributed by atoms with E-state index in [1.54, 1.807) is 0 Å². The highest BCUT2D eigenvalue weighted by Gasteiger charge is 2.16. The van der Waals surface area contributed by atoms with Crippen molar-refractivity contribution in [3.8, 4) is 0 Å². The molecule has 252 valence electrons. The Morgan fingerprint density at radius 2 is 0.438 bits per heavy atom. The van der Waals surface area contributed by atoms with Crippen molar-refractivity contribution in [1.82, 2.24) is 0 Å². The average molecular weight is 641 g/mol. The SMILES string of the molecule is c1ccc(C2CCCCCCCCC(c3ccccc3)/N=N\C(c3ccccc3)CCCCCCCCC(c3ccccc3)/N=N\2)cc1. The van der Waals surface area contributed by atoms with Gasteiger partial charge in [-0.3, -0.25) is 0 Å². The maximum Gasteiger partial charge on any atom is 0.0957 e. The molecule has 4 aromatic rings. The van der Waals surface area contributed by atoms with Gasteiger partial charge in [0, 0.05) is 0 Å². The molecule has 5 rings (SSSR count). The lowest BCUT2D eigenvalue weighted by Crippen LogP contribution is -2.00. The lowest BCUT2D eigenvalue weighted by atomic mass is 9.98. The van der Waals surface area contributed by atoms with E-state index in [1.165, 1.54) is 99.3 Å². The van der Waals surface area contributed by atoms with E-state index < -0.39 is 0 Å². The van der Waals surface area contributed by atoms with Crippen LogP contribution in [0.25, 0.3) is 0 Å². The maximum atomic E-state index is 5.06. The maximum absolute atomic E-state index is 5.06. The Hall–Kier alpha value is -3.92. The molecule has 1 aliphatic rings. The minimum atomic E-state index is 0.125. The molecule has 1 aliphatic heterocycles. The van der Waals surface area contributed by atoms with Gasteiger partial charge >= 0.3 is 0 Å². The standard InChI is InChI=1S/C44H56N4/c1-2-6-22-34-42(38-27-15-10-16-28-38)46-48-44(40-31-19-12-20-32-40)36-24-8-4-3-7-23-35-43(39-29-17-11-18-30-39)47-45-41(33-21-5-1)37-25-13-9-14-26-37/h9-20,25-32,41-44H,1-8,21-24,33-36H2/b47-45-,48-46-. The summed E-state index contributed by atoms with van der Waals surface area (Å²) in [5, 5.41) is 20.2. The lowest BCUT2D eigenvalue weighted by Gasteiger charge is -2.17. The zero-order valence-electron chi connectivity index (χ0n) is 29.0. The highest BCUT2D eigenvalue weighted by atomic mass is 15.1. The molecular weight excluding hydrogens is 585 g/mol. The molecule has 0 aliphatic carbocycles. The summed E-state index contributed by atoms with van der Waals surface area (Å²) in [6.45, 7) is 0. The average Bonchev–Trinajstić information content (AvgIpc) is 3.15. The summed E-state index contributed by atoms with van der Waals surface area (Å²) in [5.41, 5.74) is 5.13. The first-order chi connectivity index (χ1) is 23.9. The van der Waals surface area contributed by atoms with Gasteiger partial charge in [-0.25, -0.2) is 0 Å². The quantitative estimate of drug-likeness (QED) is 0.213. The Morgan fingerprint density at radius 3 is 0.646 bits per heavy atom. The van der Waals surface area contributed by atoms with Crippen LogP contribution in [0.5, 0.6) is 0 Å². The molecular formula is C44H56N4. The Balaban J connectivity index is 1.26. The molecule has 4 aromatic carbocycles. The van der Waals surface area contributed by atoms with Crippen LogP contribution < -0.4 is 0 Å². The highest BCUT2D eigenvalue weighted by molar-refractivity contribution is 5.22. The molecule has 0 saturated carbocycles. The molecule has 0 spiro atoms. The third kappa shape index (κ3) is 12.3. The number of hydrogen-bond acceptors (Lipinski definition) is 4. The molecule has 0 bridgehead atoms. The van der Waals surface area contributed by atoms with E-state index in [1.807, 2.05) is 0 Å². The zero-order chi connectivity index (χ0) is 32.9. The van der Waals surface area contributed by atoms with Crippen molar-refractivity contribution in [2.24, 2.45) is 20.5 Å². The molecule has 1 heterocycles. The Kier molecular flexibility index (Phi) is 15.6. The first kappa shape index (κ1) is 35.4. The van der Waals surface area contributed by atoms with Crippen molar-refractivity contribution < 1.29 is 0 Å². The van der Waals surface area contributed by atoms with E-state index in [2.05, 4.69) is 121 Å². The van der Waals surface area contributed by atoms with Gasteiger partial charge in [0.05, 0.1) is 24.2 Å². The van der Waals surface area contributed by atoms with Crippen molar-refractivity contribution in [1.29, 1.82) is 0 Å². The number of azo groups is 2. The largest absolute Gasteiger partial charge is 0.185 e. The van der Waals surface area contributed by atoms with E-state index >= 15 is 0 Å². The van der Waals surface area contributed by atoms with Crippen LogP contribution in [0.3, 0.4) is 0 Å². The van der Waals surface area contributed by atoms with Gasteiger partial charge in [-0.2, -0.15) is 20.5 Å². The summed E-state index contributed by atoms with van der Waals surface area (Å²) < 4.78 is 0. The fourth-order valence-corrected chi connectivity index (χ4v) is 6.95. The van der Waals surface area contributed by atoms with Crippen molar-refractivity contribution in [2.45, 2.75) is 127 Å². The van der Waals surface area contributed by atoms with Crippen LogP contribution in [-0.4, -0.2) is 0 Å². The topological polar surface area (TPSA) is 49.4 Å². The molecule has 4 atom stereocenters. The first-order valence-electron chi connectivity index (χ1n) is 18.9. The number of hydrogen-bond donors (Lipinski definition) is 0. The normalized spacial score (nSPS) is 24.5. The summed E-state index contributed by atoms with van der Waals surface area (Å²) in [4.78, 5) is 0. The van der Waals surface area contributed by atoms with Gasteiger partial charge in [0.2, 0.25) is 0 Å². The lowest BCUT2D eigenvalue weighted by molar-refractivity contribution is 0.476. The van der Waals surface area contributed by atoms with Crippen molar-refractivity contribution in [3.63, 3.8) is 0 Å². The molecule has 0 radical (unpaired) electrons. The van der Waals surface area contributed by atoms with Crippen molar-refractivity contribution >= 4 is 0 Å². The summed E-state index contributed by atoms with van der Waals surface area (Å²) in [6.07, 6.45) is 18.9. The third-order valence-corrected chi connectivity index (χ3v) is 9.84. The summed E-state index contributed by atoms with van der Waals surface area (Å²) >= 11 is 0. The summed E-state index contributed by atoms with van der Waals surface area (Å²) in [7, 11) is 0. The Bertz CT molecular complexity index is 1210. The fourth-order valence-electron chi connectivity index (χ4n) is 6.95. The summed E-state index contributed by atoms with van der Waals surface area (Å²) in [5.74, 6) is 0. The van der Waals surface area contributed by atoms with Gasteiger partial charge in [0.1, 0.15) is 0 Å². The molecule has 4 unspecified atom stereocenters. The highest BCUT2D eigenvalue weighted by Crippen LogP contribution is 2.32. The Labute approximate surface area is 290 Å². The van der Waals surface area contributed by atoms with E-state index in [4.69, 9.17) is 20.5 Å². The van der Waals surface area contributed by atoms with Gasteiger partial charge in [-0.15, -0.1) is 0 Å². The van der Waals surface area contributed by atoms with Crippen LogP contribution in [0.2, 0.25) is 0 Å². The van der Waals surface area contributed by atoms with Crippen LogP contribution in [0.15, 0.2) is 142 Å². The van der Waals surface area contributed by atoms with E-state index in [0.717, 1.165) is 25.7 Å². The van der Waals surface area contributed by atoms with E-state index in [-0.39, 0.29) is 24.2 Å². The fraction of sp³-hybridized carbons (Fsp3) is 0.455. The van der Waals surface area contributed by atoms with Crippen molar-refractivity contribution in [2.75, 3.05) is 0 Å². The number of rotatable bonds is 4. The molecule has 4 nitrogen and oxygen atoms in total. The molecule has 0 fully saturated rings. The van der Waals surface area contributed by atoms with Gasteiger partial charge in [0.25, 0.3) is 0 Å². The van der Waals surface area contributed by atoms with Crippen LogP contribution in [0.4, 0.5) is 0 Å². The molecule has 0 amide bonds. The van der Waals surface area contributed by atoms with Crippen LogP contribution in [-0.2, 0) is 0 Å². The predicted octanol–water partition coefficient (Wildman–Crippen LogP) is 14.1. The van der Waals surface area contributed by atoms with Gasteiger partial charge in [0.15, 0.2) is 0 Å². The van der Waals surface area contributed by atoms with Gasteiger partial charge in [-0.05, 0) is 47.9 Å². The molecule has 4 heteroatoms. The second-order valence-electron chi connectivity index (χ2n) is 13.6. The third-order valence-electron chi connectivity index (χ3n) is 9.84. The van der Waals surface area contributed by atoms with E-state index in [0.29, 0.717) is 0 Å². The molecule has 0 N–H and O–H groups in total. The smallest absolute Gasteiger partial charge is 0.0957 e. The van der Waals surface area contributed by atoms with Gasteiger partial charge in [-0.1, -0.05) is 198 Å². The van der Waals surface area contributed by atoms with Crippen LogP contribution >= 0.6 is 0 Å². The molecule has 0 saturated heterocycles. The van der Waals surface area contributed by atoms with E-state index in [9.17, 15) is 0 Å². The van der Waals surface area contributed by atoms with Gasteiger partial charge < -0.3 is 0 Å². The monoisotopic (exact) mass is 640 g/mol. The number of nitrogens with zero attached hydrogens (tertiary/aromatic N) is 4. The molecule has 0 aromatic heterocycles. The number of benzene rings is 4. The predicted molar refractivity (Wildman–Crippen MR) is 200 cm³/mol. The minimum Gasteiger partial charge on any atom is -0.185 e. The minimum absolute atomic E-state index is 0.125. The second kappa shape index (κ2) is 21.1. The zero-order valence-corrected chi connectivity index (χ0v) is 29.0. The Morgan fingerprint density at radius 1 is 0.250 bits per heavy atom. The second-order valence-corrected chi connectivity index (χ2v) is 13.6. The molecule has 48 heavy (non-hydrogen) atoms. The van der Waals surface area contributed by atoms with Crippen molar-refractivity contribution in [3.05, 3.63) is 144 Å². The summed E-state index contributed by atoms with van der Waals surface area (Å²) in [6, 6.07) is 43.7. The first-order valence-corrected chi connectivity index (χ1v) is 18.9.